The molecular weight excluding hydrogens is 555 g/mol. The Bertz CT molecular complexity index is 1210. The first kappa shape index (κ1) is 31.6. The zero-order valence-electron chi connectivity index (χ0n) is 22.7. The van der Waals surface area contributed by atoms with E-state index in [1.54, 1.807) is 27.7 Å². The molecular formula is C22H37N6O9PS. The molecule has 0 saturated carbocycles. The van der Waals surface area contributed by atoms with Gasteiger partial charge in [0.05, 0.1) is 38.7 Å². The minimum absolute atomic E-state index is 0.0863. The van der Waals surface area contributed by atoms with Gasteiger partial charge in [0.1, 0.15) is 17.8 Å². The summed E-state index contributed by atoms with van der Waals surface area (Å²) >= 11 is 0.951. The first-order valence-electron chi connectivity index (χ1n) is 12.2. The van der Waals surface area contributed by atoms with Crippen molar-refractivity contribution in [2.24, 2.45) is 5.41 Å². The average molecular weight is 593 g/mol. The summed E-state index contributed by atoms with van der Waals surface area (Å²) < 4.78 is 37.0. The van der Waals surface area contributed by atoms with Crippen molar-refractivity contribution in [1.29, 1.82) is 0 Å². The smallest absolute Gasteiger partial charge is 0.405 e. The van der Waals surface area contributed by atoms with Crippen LogP contribution in [0.5, 0.6) is 5.88 Å². The molecule has 0 bridgehead atoms. The van der Waals surface area contributed by atoms with Gasteiger partial charge in [-0.1, -0.05) is 11.8 Å². The highest BCUT2D eigenvalue weighted by Gasteiger charge is 2.54. The zero-order valence-corrected chi connectivity index (χ0v) is 24.4. The van der Waals surface area contributed by atoms with E-state index in [0.29, 0.717) is 0 Å². The molecule has 1 aliphatic heterocycles. The van der Waals surface area contributed by atoms with Crippen LogP contribution in [0.1, 0.15) is 40.8 Å². The molecule has 39 heavy (non-hydrogen) atoms. The van der Waals surface area contributed by atoms with Gasteiger partial charge in [-0.25, -0.2) is 14.6 Å². The van der Waals surface area contributed by atoms with Gasteiger partial charge < -0.3 is 30.5 Å². The third-order valence-corrected chi connectivity index (χ3v) is 8.99. The number of thioether (sulfide) groups is 1. The van der Waals surface area contributed by atoms with E-state index < -0.39 is 43.8 Å². The molecule has 1 fully saturated rings. The Morgan fingerprint density at radius 1 is 1.38 bits per heavy atom. The minimum atomic E-state index is -3.91. The van der Waals surface area contributed by atoms with Gasteiger partial charge in [0.15, 0.2) is 22.5 Å². The van der Waals surface area contributed by atoms with E-state index in [2.05, 4.69) is 20.0 Å². The Balaban J connectivity index is 1.71. The number of carbonyl (C=O) groups excluding carboxylic acids is 1. The first-order chi connectivity index (χ1) is 18.1. The molecule has 1 aliphatic rings. The van der Waals surface area contributed by atoms with Crippen LogP contribution in [-0.4, -0.2) is 96.5 Å². The Hall–Kier alpha value is -1.88. The van der Waals surface area contributed by atoms with Gasteiger partial charge in [-0.3, -0.25) is 18.4 Å². The Kier molecular flexibility index (Phi) is 10.0. The molecule has 5 atom stereocenters. The molecule has 220 valence electrons. The maximum absolute atomic E-state index is 13.4. The molecule has 0 radical (unpaired) electrons. The summed E-state index contributed by atoms with van der Waals surface area (Å²) in [5.41, 5.74) is 3.53. The van der Waals surface area contributed by atoms with Crippen LogP contribution in [0.4, 0.5) is 5.95 Å². The number of nitrogens with two attached hydrogens (primary N) is 1. The number of rotatable bonds is 13. The second-order valence-corrected chi connectivity index (χ2v) is 13.0. The number of hydrogen-bond donors (Lipinski definition) is 5. The van der Waals surface area contributed by atoms with Gasteiger partial charge in [0.25, 0.3) is 0 Å². The number of hydrogen-bond acceptors (Lipinski definition) is 14. The molecule has 2 aromatic heterocycles. The van der Waals surface area contributed by atoms with E-state index >= 15 is 0 Å². The zero-order chi connectivity index (χ0) is 29.2. The summed E-state index contributed by atoms with van der Waals surface area (Å²) in [4.78, 5) is 24.6. The fourth-order valence-corrected chi connectivity index (χ4v) is 6.21. The number of anilines is 1. The van der Waals surface area contributed by atoms with Crippen LogP contribution in [0.15, 0.2) is 6.33 Å². The molecule has 0 spiro atoms. The largest absolute Gasteiger partial charge is 0.479 e. The van der Waals surface area contributed by atoms with E-state index in [0.717, 1.165) is 11.8 Å². The second-order valence-electron chi connectivity index (χ2n) is 10.2. The van der Waals surface area contributed by atoms with Crippen LogP contribution in [0.25, 0.3) is 11.2 Å². The van der Waals surface area contributed by atoms with E-state index in [1.807, 2.05) is 0 Å². The fraction of sp³-hybridized carbons (Fsp3) is 0.727. The number of nitrogens with one attached hydrogen (secondary N) is 1. The third-order valence-electron chi connectivity index (χ3n) is 5.96. The molecule has 3 unspecified atom stereocenters. The van der Waals surface area contributed by atoms with Crippen molar-refractivity contribution >= 4 is 41.7 Å². The van der Waals surface area contributed by atoms with Gasteiger partial charge in [-0.2, -0.15) is 9.97 Å². The number of nitrogens with zero attached hydrogens (tertiary/aromatic N) is 4. The molecule has 0 aliphatic carbocycles. The van der Waals surface area contributed by atoms with Gasteiger partial charge in [-0.05, 0) is 34.6 Å². The molecule has 0 amide bonds. The normalized spacial score (nSPS) is 25.3. The van der Waals surface area contributed by atoms with Gasteiger partial charge in [-0.15, -0.1) is 0 Å². The molecule has 0 aromatic carbocycles. The van der Waals surface area contributed by atoms with Crippen LogP contribution < -0.4 is 15.6 Å². The van der Waals surface area contributed by atoms with E-state index in [9.17, 15) is 24.7 Å². The van der Waals surface area contributed by atoms with E-state index in [1.165, 1.54) is 24.9 Å². The van der Waals surface area contributed by atoms with Crippen LogP contribution in [-0.2, 0) is 23.1 Å². The lowest BCUT2D eigenvalue weighted by molar-refractivity contribution is -0.119. The summed E-state index contributed by atoms with van der Waals surface area (Å²) in [7, 11) is -2.51. The number of nitrogen functional groups attached to an aromatic ring is 1. The van der Waals surface area contributed by atoms with Crippen LogP contribution in [0.3, 0.4) is 0 Å². The molecule has 15 nitrogen and oxygen atoms in total. The van der Waals surface area contributed by atoms with Crippen LogP contribution in [0.2, 0.25) is 0 Å². The number of methoxy groups -OCH3 is 1. The molecule has 17 heteroatoms. The number of aromatic nitrogens is 4. The topological polar surface area (TPSA) is 213 Å². The number of aliphatic hydroxyl groups excluding tert-OH is 2. The molecule has 6 N–H and O–H groups in total. The lowest BCUT2D eigenvalue weighted by atomic mass is 9.96. The summed E-state index contributed by atoms with van der Waals surface area (Å²) in [5.74, 6) is 0.223. The van der Waals surface area contributed by atoms with Crippen LogP contribution in [0, 0.1) is 5.41 Å². The monoisotopic (exact) mass is 592 g/mol. The number of carbonyl (C=O) groups is 1. The highest BCUT2D eigenvalue weighted by molar-refractivity contribution is 8.13. The Morgan fingerprint density at radius 2 is 2.08 bits per heavy atom. The van der Waals surface area contributed by atoms with Gasteiger partial charge in [0.2, 0.25) is 11.8 Å². The lowest BCUT2D eigenvalue weighted by Gasteiger charge is -2.27. The second kappa shape index (κ2) is 12.3. The number of imidazole rings is 1. The molecule has 3 rings (SSSR count). The SMILES string of the molecule is COc1nc(N)nc2c1ncn2[C@@H]1O[C@H](COP(=O)(NC(C)C)OCCSC(=O)C(C)(C)CO)C(O)C1(C)O. The Morgan fingerprint density at radius 3 is 2.69 bits per heavy atom. The number of ether oxygens (including phenoxy) is 2. The predicted octanol–water partition coefficient (Wildman–Crippen LogP) is 0.844. The summed E-state index contributed by atoms with van der Waals surface area (Å²) in [5, 5.41) is 33.9. The summed E-state index contributed by atoms with van der Waals surface area (Å²) in [6, 6.07) is -0.291. The maximum atomic E-state index is 13.4. The van der Waals surface area contributed by atoms with Crippen molar-refractivity contribution in [2.45, 2.75) is 64.7 Å². The van der Waals surface area contributed by atoms with E-state index in [-0.39, 0.29) is 53.1 Å². The van der Waals surface area contributed by atoms with Crippen molar-refractivity contribution in [3.63, 3.8) is 0 Å². The third kappa shape index (κ3) is 7.07. The van der Waals surface area contributed by atoms with Crippen molar-refractivity contribution in [1.82, 2.24) is 24.6 Å². The molecule has 3 heterocycles. The van der Waals surface area contributed by atoms with Crippen molar-refractivity contribution < 1.29 is 43.2 Å². The standard InChI is InChI=1S/C22H37N6O9PS/c1-12(2)27-38(33,35-7-8-39-19(31)21(3,4)10-29)36-9-13-15(30)22(5,32)18(37-13)28-11-24-14-16(28)25-20(23)26-17(14)34-6/h11-13,15,18,29-30,32H,7-10H2,1-6H3,(H,27,33)(H2,23,25,26)/t13-,15?,18-,22?,38?/m1/s1. The summed E-state index contributed by atoms with van der Waals surface area (Å²) in [6.07, 6.45) is -2.39. The highest BCUT2D eigenvalue weighted by Crippen LogP contribution is 2.47. The average Bonchev–Trinajstić information content (AvgIpc) is 3.37. The van der Waals surface area contributed by atoms with E-state index in [4.69, 9.17) is 24.3 Å². The minimum Gasteiger partial charge on any atom is -0.479 e. The highest BCUT2D eigenvalue weighted by atomic mass is 32.2. The Labute approximate surface area is 230 Å². The lowest BCUT2D eigenvalue weighted by Crippen LogP contribution is -2.44. The van der Waals surface area contributed by atoms with Crippen molar-refractivity contribution in [3.8, 4) is 5.88 Å². The van der Waals surface area contributed by atoms with Crippen molar-refractivity contribution in [2.75, 3.05) is 38.4 Å². The predicted molar refractivity (Wildman–Crippen MR) is 143 cm³/mol. The first-order valence-corrected chi connectivity index (χ1v) is 14.7. The van der Waals surface area contributed by atoms with Crippen LogP contribution >= 0.6 is 19.5 Å². The number of fused-ring (bicyclic) bond motifs is 1. The quantitative estimate of drug-likeness (QED) is 0.161. The fourth-order valence-electron chi connectivity index (χ4n) is 3.75. The molecule has 2 aromatic rings. The maximum Gasteiger partial charge on any atom is 0.405 e. The molecule has 1 saturated heterocycles. The summed E-state index contributed by atoms with van der Waals surface area (Å²) in [6.45, 7) is 7.32. The van der Waals surface area contributed by atoms with Gasteiger partial charge in [0, 0.05) is 11.8 Å². The van der Waals surface area contributed by atoms with Gasteiger partial charge >= 0.3 is 7.75 Å². The van der Waals surface area contributed by atoms with Crippen molar-refractivity contribution in [3.05, 3.63) is 6.33 Å². The number of aliphatic hydroxyl groups is 3.